The minimum Gasteiger partial charge on any atom is -0.492 e. The highest BCUT2D eigenvalue weighted by Gasteiger charge is 2.35. The van der Waals surface area contributed by atoms with Gasteiger partial charge in [-0.25, -0.2) is 8.42 Å². The zero-order valence-corrected chi connectivity index (χ0v) is 18.1. The molecule has 10 heteroatoms. The Morgan fingerprint density at radius 2 is 2.03 bits per heavy atom. The third kappa shape index (κ3) is 5.26. The molecule has 0 aromatic heterocycles. The van der Waals surface area contributed by atoms with Gasteiger partial charge >= 0.3 is 0 Å². The highest BCUT2D eigenvalue weighted by Crippen LogP contribution is 2.37. The topological polar surface area (TPSA) is 84.9 Å². The molecule has 156 valence electrons. The summed E-state index contributed by atoms with van der Waals surface area (Å²) < 4.78 is 36.7. The maximum absolute atomic E-state index is 12.5. The van der Waals surface area contributed by atoms with Crippen LogP contribution in [-0.2, 0) is 14.8 Å². The smallest absolute Gasteiger partial charge is 0.263 e. The summed E-state index contributed by atoms with van der Waals surface area (Å²) >= 11 is 12.0. The Kier molecular flexibility index (Phi) is 6.45. The number of aryl methyl sites for hydroxylation is 1. The van der Waals surface area contributed by atoms with Gasteiger partial charge in [-0.3, -0.25) is 9.10 Å². The predicted octanol–water partition coefficient (Wildman–Crippen LogP) is 3.02. The van der Waals surface area contributed by atoms with E-state index in [2.05, 4.69) is 5.32 Å². The predicted molar refractivity (Wildman–Crippen MR) is 113 cm³/mol. The number of hydrogen-bond donors (Lipinski definition) is 1. The summed E-state index contributed by atoms with van der Waals surface area (Å²) in [5.74, 6) is 0.430. The number of nitrogens with one attached hydrogen (secondary N) is 1. The van der Waals surface area contributed by atoms with Gasteiger partial charge in [-0.1, -0.05) is 29.3 Å². The summed E-state index contributed by atoms with van der Waals surface area (Å²) in [6, 6.07) is 9.94. The Labute approximate surface area is 179 Å². The first-order valence-corrected chi connectivity index (χ1v) is 11.4. The Morgan fingerprint density at radius 1 is 1.28 bits per heavy atom. The average molecular weight is 459 g/mol. The number of halogens is 2. The quantitative estimate of drug-likeness (QED) is 0.672. The molecule has 1 atom stereocenters. The van der Waals surface area contributed by atoms with Gasteiger partial charge in [0.25, 0.3) is 5.91 Å². The summed E-state index contributed by atoms with van der Waals surface area (Å²) in [6.07, 6.45) is 0.0747. The van der Waals surface area contributed by atoms with E-state index in [1.165, 1.54) is 6.07 Å². The van der Waals surface area contributed by atoms with Crippen LogP contribution in [0.3, 0.4) is 0 Å². The number of benzene rings is 2. The molecule has 1 amide bonds. The van der Waals surface area contributed by atoms with Crippen molar-refractivity contribution in [3.8, 4) is 11.5 Å². The summed E-state index contributed by atoms with van der Waals surface area (Å²) in [5.41, 5.74) is 1.25. The lowest BCUT2D eigenvalue weighted by Gasteiger charge is -2.34. The molecule has 0 bridgehead atoms. The van der Waals surface area contributed by atoms with Crippen LogP contribution in [0.1, 0.15) is 5.56 Å². The second-order valence-corrected chi connectivity index (χ2v) is 9.31. The Hall–Kier alpha value is -2.16. The number of hydrogen-bond acceptors (Lipinski definition) is 5. The number of amides is 1. The maximum Gasteiger partial charge on any atom is 0.263 e. The monoisotopic (exact) mass is 458 g/mol. The Bertz CT molecular complexity index is 1030. The highest BCUT2D eigenvalue weighted by molar-refractivity contribution is 7.92. The molecule has 29 heavy (non-hydrogen) atoms. The van der Waals surface area contributed by atoms with E-state index >= 15 is 0 Å². The fourth-order valence-electron chi connectivity index (χ4n) is 2.80. The standard InChI is InChI=1S/C19H20Cl2N2O5S/c1-12-3-5-14(10-15(12)21)27-8-7-22-19(24)18-11-23(29(2,25)26)16-9-13(20)4-6-17(16)28-18/h3-6,9-10,18H,7-8,11H2,1-2H3,(H,22,24). The van der Waals surface area contributed by atoms with Crippen LogP contribution in [0.5, 0.6) is 11.5 Å². The van der Waals surface area contributed by atoms with Gasteiger partial charge < -0.3 is 14.8 Å². The van der Waals surface area contributed by atoms with Crippen LogP contribution in [0, 0.1) is 6.92 Å². The van der Waals surface area contributed by atoms with Crippen LogP contribution in [0.2, 0.25) is 10.0 Å². The Morgan fingerprint density at radius 3 is 2.72 bits per heavy atom. The van der Waals surface area contributed by atoms with E-state index in [1.807, 2.05) is 13.0 Å². The summed E-state index contributed by atoms with van der Waals surface area (Å²) in [6.45, 7) is 2.19. The molecule has 1 N–H and O–H groups in total. The van der Waals surface area contributed by atoms with E-state index < -0.39 is 22.0 Å². The minimum atomic E-state index is -3.61. The van der Waals surface area contributed by atoms with Crippen LogP contribution in [0.15, 0.2) is 36.4 Å². The van der Waals surface area contributed by atoms with E-state index in [-0.39, 0.29) is 25.4 Å². The Balaban J connectivity index is 1.60. The molecular formula is C19H20Cl2N2O5S. The first kappa shape index (κ1) is 21.5. The fourth-order valence-corrected chi connectivity index (χ4v) is 4.04. The molecule has 7 nitrogen and oxygen atoms in total. The number of carbonyl (C=O) groups excluding carboxylic acids is 1. The van der Waals surface area contributed by atoms with E-state index in [9.17, 15) is 13.2 Å². The molecule has 0 saturated carbocycles. The van der Waals surface area contributed by atoms with Gasteiger partial charge in [0.15, 0.2) is 6.10 Å². The zero-order chi connectivity index (χ0) is 21.2. The minimum absolute atomic E-state index is 0.146. The molecule has 0 radical (unpaired) electrons. The van der Waals surface area contributed by atoms with Crippen LogP contribution in [-0.4, -0.2) is 46.4 Å². The van der Waals surface area contributed by atoms with Crippen molar-refractivity contribution in [1.82, 2.24) is 5.32 Å². The van der Waals surface area contributed by atoms with E-state index in [1.54, 1.807) is 24.3 Å². The van der Waals surface area contributed by atoms with Gasteiger partial charge in [-0.2, -0.15) is 0 Å². The van der Waals surface area contributed by atoms with Gasteiger partial charge in [0.2, 0.25) is 10.0 Å². The molecular weight excluding hydrogens is 439 g/mol. The normalized spacial score (nSPS) is 16.0. The first-order valence-electron chi connectivity index (χ1n) is 8.76. The average Bonchev–Trinajstić information content (AvgIpc) is 2.66. The van der Waals surface area contributed by atoms with Gasteiger partial charge in [0.1, 0.15) is 18.1 Å². The first-order chi connectivity index (χ1) is 13.6. The molecule has 1 aliphatic heterocycles. The lowest BCUT2D eigenvalue weighted by molar-refractivity contribution is -0.127. The second kappa shape index (κ2) is 8.69. The van der Waals surface area contributed by atoms with Crippen molar-refractivity contribution in [1.29, 1.82) is 0 Å². The third-order valence-electron chi connectivity index (χ3n) is 4.30. The maximum atomic E-state index is 12.5. The van der Waals surface area contributed by atoms with Crippen molar-refractivity contribution < 1.29 is 22.7 Å². The molecule has 1 aliphatic rings. The van der Waals surface area contributed by atoms with Crippen molar-refractivity contribution in [3.05, 3.63) is 52.0 Å². The second-order valence-electron chi connectivity index (χ2n) is 6.56. The molecule has 0 spiro atoms. The number of rotatable bonds is 6. The molecule has 2 aromatic rings. The number of nitrogens with zero attached hydrogens (tertiary/aromatic N) is 1. The number of anilines is 1. The molecule has 3 rings (SSSR count). The van der Waals surface area contributed by atoms with Crippen LogP contribution in [0.25, 0.3) is 0 Å². The van der Waals surface area contributed by atoms with Crippen LogP contribution >= 0.6 is 23.2 Å². The van der Waals surface area contributed by atoms with E-state index in [0.29, 0.717) is 21.5 Å². The fraction of sp³-hybridized carbons (Fsp3) is 0.316. The van der Waals surface area contributed by atoms with Gasteiger partial charge in [-0.15, -0.1) is 0 Å². The molecule has 0 fully saturated rings. The summed E-state index contributed by atoms with van der Waals surface area (Å²) in [5, 5.41) is 3.66. The molecule has 0 aliphatic carbocycles. The lowest BCUT2D eigenvalue weighted by Crippen LogP contribution is -2.51. The van der Waals surface area contributed by atoms with Crippen LogP contribution < -0.4 is 19.1 Å². The lowest BCUT2D eigenvalue weighted by atomic mass is 10.2. The zero-order valence-electron chi connectivity index (χ0n) is 15.8. The number of ether oxygens (including phenoxy) is 2. The number of sulfonamides is 1. The largest absolute Gasteiger partial charge is 0.492 e. The molecule has 2 aromatic carbocycles. The van der Waals surface area contributed by atoms with Crippen molar-refractivity contribution in [2.75, 3.05) is 30.3 Å². The number of fused-ring (bicyclic) bond motifs is 1. The van der Waals surface area contributed by atoms with E-state index in [4.69, 9.17) is 32.7 Å². The molecule has 0 saturated heterocycles. The summed E-state index contributed by atoms with van der Waals surface area (Å²) in [7, 11) is -3.61. The van der Waals surface area contributed by atoms with Crippen molar-refractivity contribution >= 4 is 44.8 Å². The van der Waals surface area contributed by atoms with E-state index in [0.717, 1.165) is 16.1 Å². The van der Waals surface area contributed by atoms with Crippen molar-refractivity contribution in [2.45, 2.75) is 13.0 Å². The van der Waals surface area contributed by atoms with Crippen LogP contribution in [0.4, 0.5) is 5.69 Å². The molecule has 1 heterocycles. The van der Waals surface area contributed by atoms with Gasteiger partial charge in [0, 0.05) is 10.0 Å². The SMILES string of the molecule is Cc1ccc(OCCNC(=O)C2CN(S(C)(=O)=O)c3cc(Cl)ccc3O2)cc1Cl. The van der Waals surface area contributed by atoms with Crippen molar-refractivity contribution in [2.24, 2.45) is 0 Å². The third-order valence-corrected chi connectivity index (χ3v) is 6.09. The van der Waals surface area contributed by atoms with Gasteiger partial charge in [0.05, 0.1) is 25.0 Å². The number of carbonyl (C=O) groups is 1. The summed E-state index contributed by atoms with van der Waals surface area (Å²) in [4.78, 5) is 12.5. The highest BCUT2D eigenvalue weighted by atomic mass is 35.5. The molecule has 1 unspecified atom stereocenters. The van der Waals surface area contributed by atoms with Gasteiger partial charge in [-0.05, 0) is 42.8 Å². The van der Waals surface area contributed by atoms with Crippen molar-refractivity contribution in [3.63, 3.8) is 0 Å².